The minimum atomic E-state index is -0.184. The van der Waals surface area contributed by atoms with Gasteiger partial charge in [0.1, 0.15) is 11.5 Å². The summed E-state index contributed by atoms with van der Waals surface area (Å²) in [6.07, 6.45) is 4.66. The largest absolute Gasteiger partial charge is 0.384 e. The normalized spacial score (nSPS) is 15.5. The maximum absolute atomic E-state index is 12.2. The van der Waals surface area contributed by atoms with E-state index in [4.69, 9.17) is 5.11 Å². The first-order valence-electron chi connectivity index (χ1n) is 6.72. The highest BCUT2D eigenvalue weighted by Crippen LogP contribution is 2.34. The Morgan fingerprint density at radius 3 is 3.05 bits per heavy atom. The Morgan fingerprint density at radius 1 is 1.63 bits per heavy atom. The molecule has 2 rings (SSSR count). The topological polar surface area (TPSA) is 49.3 Å². The van der Waals surface area contributed by atoms with Gasteiger partial charge in [-0.1, -0.05) is 31.6 Å². The first-order chi connectivity index (χ1) is 9.24. The lowest BCUT2D eigenvalue weighted by atomic mass is 10.1. The predicted octanol–water partition coefficient (Wildman–Crippen LogP) is 2.40. The molecule has 0 aliphatic heterocycles. The number of hydrogen-bond donors (Lipinski definition) is 2. The van der Waals surface area contributed by atoms with E-state index >= 15 is 0 Å². The van der Waals surface area contributed by atoms with Crippen LogP contribution in [0.3, 0.4) is 0 Å². The second kappa shape index (κ2) is 6.74. The molecule has 1 heterocycles. The molecule has 1 fully saturated rings. The molecule has 1 saturated carbocycles. The minimum absolute atomic E-state index is 0.0373. The predicted molar refractivity (Wildman–Crippen MR) is 77.2 cm³/mol. The fourth-order valence-corrected chi connectivity index (χ4v) is 2.81. The minimum Gasteiger partial charge on any atom is -0.384 e. The summed E-state index contributed by atoms with van der Waals surface area (Å²) in [5.41, 5.74) is 0.706. The smallest absolute Gasteiger partial charge is 0.262 e. The van der Waals surface area contributed by atoms with Gasteiger partial charge in [-0.2, -0.15) is 0 Å². The number of aliphatic hydroxyl groups is 1. The van der Waals surface area contributed by atoms with Gasteiger partial charge in [-0.05, 0) is 30.2 Å². The standard InChI is InChI=1S/C15H19NO2S/c1-2-13(10-11-5-6-11)16-15(18)14-12(4-3-8-17)7-9-19-14/h7,9,11,13,17H,2,5-6,8,10H2,1H3,(H,16,18). The molecule has 0 saturated heterocycles. The molecule has 1 unspecified atom stereocenters. The number of rotatable bonds is 5. The van der Waals surface area contributed by atoms with E-state index in [-0.39, 0.29) is 18.6 Å². The van der Waals surface area contributed by atoms with E-state index in [1.807, 2.05) is 11.4 Å². The number of hydrogen-bond acceptors (Lipinski definition) is 3. The number of carbonyl (C=O) groups is 1. The third kappa shape index (κ3) is 4.09. The van der Waals surface area contributed by atoms with Crippen molar-refractivity contribution in [3.8, 4) is 11.8 Å². The number of nitrogens with one attached hydrogen (secondary N) is 1. The van der Waals surface area contributed by atoms with E-state index in [0.717, 1.165) is 18.8 Å². The van der Waals surface area contributed by atoms with Crippen molar-refractivity contribution in [2.45, 2.75) is 38.6 Å². The molecule has 1 amide bonds. The highest BCUT2D eigenvalue weighted by molar-refractivity contribution is 7.12. The molecule has 1 aromatic rings. The van der Waals surface area contributed by atoms with Crippen molar-refractivity contribution in [2.24, 2.45) is 5.92 Å². The summed E-state index contributed by atoms with van der Waals surface area (Å²) in [6.45, 7) is 1.92. The number of aliphatic hydroxyl groups excluding tert-OH is 1. The molecule has 0 aromatic carbocycles. The van der Waals surface area contributed by atoms with Crippen LogP contribution in [0.2, 0.25) is 0 Å². The van der Waals surface area contributed by atoms with Gasteiger partial charge < -0.3 is 10.4 Å². The van der Waals surface area contributed by atoms with Crippen LogP contribution in [0, 0.1) is 17.8 Å². The maximum atomic E-state index is 12.2. The molecule has 3 nitrogen and oxygen atoms in total. The van der Waals surface area contributed by atoms with Gasteiger partial charge in [0.25, 0.3) is 5.91 Å². The van der Waals surface area contributed by atoms with E-state index < -0.39 is 0 Å². The Bertz CT molecular complexity index is 494. The second-order valence-electron chi connectivity index (χ2n) is 4.88. The van der Waals surface area contributed by atoms with Gasteiger partial charge in [0, 0.05) is 11.6 Å². The van der Waals surface area contributed by atoms with Crippen LogP contribution in [-0.2, 0) is 0 Å². The van der Waals surface area contributed by atoms with Crippen molar-refractivity contribution in [2.75, 3.05) is 6.61 Å². The maximum Gasteiger partial charge on any atom is 0.262 e. The average Bonchev–Trinajstić information content (AvgIpc) is 3.10. The van der Waals surface area contributed by atoms with Crippen molar-refractivity contribution in [3.63, 3.8) is 0 Å². The Labute approximate surface area is 118 Å². The number of thiophene rings is 1. The van der Waals surface area contributed by atoms with Gasteiger partial charge in [0.2, 0.25) is 0 Å². The van der Waals surface area contributed by atoms with Crippen LogP contribution in [0.4, 0.5) is 0 Å². The lowest BCUT2D eigenvalue weighted by molar-refractivity contribution is 0.0936. The zero-order chi connectivity index (χ0) is 13.7. The first kappa shape index (κ1) is 14.1. The molecule has 1 atom stereocenters. The van der Waals surface area contributed by atoms with Gasteiger partial charge in [-0.25, -0.2) is 0 Å². The van der Waals surface area contributed by atoms with Crippen molar-refractivity contribution in [1.29, 1.82) is 0 Å². The van der Waals surface area contributed by atoms with Crippen molar-refractivity contribution in [3.05, 3.63) is 21.9 Å². The van der Waals surface area contributed by atoms with Crippen LogP contribution in [0.25, 0.3) is 0 Å². The summed E-state index contributed by atoms with van der Waals surface area (Å²) in [6, 6.07) is 2.09. The molecule has 2 N–H and O–H groups in total. The molecule has 1 aromatic heterocycles. The fraction of sp³-hybridized carbons (Fsp3) is 0.533. The van der Waals surface area contributed by atoms with E-state index in [1.54, 1.807) is 0 Å². The Balaban J connectivity index is 1.99. The molecule has 0 radical (unpaired) electrons. The third-order valence-corrected chi connectivity index (χ3v) is 4.23. The second-order valence-corrected chi connectivity index (χ2v) is 5.80. The summed E-state index contributed by atoms with van der Waals surface area (Å²) in [4.78, 5) is 12.9. The van der Waals surface area contributed by atoms with Gasteiger partial charge in [-0.3, -0.25) is 4.79 Å². The fourth-order valence-electron chi connectivity index (χ4n) is 2.05. The molecule has 0 bridgehead atoms. The highest BCUT2D eigenvalue weighted by atomic mass is 32.1. The van der Waals surface area contributed by atoms with Gasteiger partial charge in [0.05, 0.1) is 0 Å². The monoisotopic (exact) mass is 277 g/mol. The SMILES string of the molecule is CCC(CC1CC1)NC(=O)c1sccc1C#CCO. The van der Waals surface area contributed by atoms with Gasteiger partial charge in [0.15, 0.2) is 0 Å². The average molecular weight is 277 g/mol. The molecule has 1 aliphatic rings. The summed E-state index contributed by atoms with van der Waals surface area (Å²) in [5, 5.41) is 13.7. The van der Waals surface area contributed by atoms with Crippen LogP contribution in [0.1, 0.15) is 47.8 Å². The number of amides is 1. The van der Waals surface area contributed by atoms with E-state index in [1.165, 1.54) is 24.2 Å². The third-order valence-electron chi connectivity index (χ3n) is 3.32. The van der Waals surface area contributed by atoms with E-state index in [9.17, 15) is 4.79 Å². The van der Waals surface area contributed by atoms with Gasteiger partial charge in [-0.15, -0.1) is 11.3 Å². The van der Waals surface area contributed by atoms with Crippen molar-refractivity contribution < 1.29 is 9.90 Å². The molecular formula is C15H19NO2S. The van der Waals surface area contributed by atoms with E-state index in [0.29, 0.717) is 10.4 Å². The first-order valence-corrected chi connectivity index (χ1v) is 7.60. The number of carbonyl (C=O) groups excluding carboxylic acids is 1. The molecule has 1 aliphatic carbocycles. The lowest BCUT2D eigenvalue weighted by Gasteiger charge is -2.16. The molecule has 0 spiro atoms. The molecule has 4 heteroatoms. The van der Waals surface area contributed by atoms with Crippen LogP contribution >= 0.6 is 11.3 Å². The molecular weight excluding hydrogens is 258 g/mol. The van der Waals surface area contributed by atoms with Crippen LogP contribution in [0.5, 0.6) is 0 Å². The Morgan fingerprint density at radius 2 is 2.42 bits per heavy atom. The van der Waals surface area contributed by atoms with Crippen LogP contribution < -0.4 is 5.32 Å². The van der Waals surface area contributed by atoms with Crippen molar-refractivity contribution >= 4 is 17.2 Å². The van der Waals surface area contributed by atoms with Crippen LogP contribution in [-0.4, -0.2) is 23.7 Å². The zero-order valence-electron chi connectivity index (χ0n) is 11.1. The Kier molecular flexibility index (Phi) is 5.00. The van der Waals surface area contributed by atoms with E-state index in [2.05, 4.69) is 24.1 Å². The Hall–Kier alpha value is -1.31. The molecule has 19 heavy (non-hydrogen) atoms. The summed E-state index contributed by atoms with van der Waals surface area (Å²) < 4.78 is 0. The highest BCUT2D eigenvalue weighted by Gasteiger charge is 2.26. The van der Waals surface area contributed by atoms with Crippen molar-refractivity contribution in [1.82, 2.24) is 5.32 Å². The van der Waals surface area contributed by atoms with Crippen LogP contribution in [0.15, 0.2) is 11.4 Å². The van der Waals surface area contributed by atoms with Gasteiger partial charge >= 0.3 is 0 Å². The quantitative estimate of drug-likeness (QED) is 0.812. The summed E-state index contributed by atoms with van der Waals surface area (Å²) >= 11 is 1.40. The summed E-state index contributed by atoms with van der Waals surface area (Å²) in [5.74, 6) is 6.18. The zero-order valence-corrected chi connectivity index (χ0v) is 11.9. The lowest BCUT2D eigenvalue weighted by Crippen LogP contribution is -2.34. The summed E-state index contributed by atoms with van der Waals surface area (Å²) in [7, 11) is 0. The molecule has 102 valence electrons.